The first-order valence-corrected chi connectivity index (χ1v) is 11.3. The highest BCUT2D eigenvalue weighted by Gasteiger charge is 2.14. The monoisotopic (exact) mass is 472 g/mol. The summed E-state index contributed by atoms with van der Waals surface area (Å²) in [6.07, 6.45) is 1.42. The molecule has 0 atom stereocenters. The van der Waals surface area contributed by atoms with Gasteiger partial charge in [-0.3, -0.25) is 14.2 Å². The Labute approximate surface area is 199 Å². The molecule has 2 N–H and O–H groups in total. The molecule has 8 nitrogen and oxygen atoms in total. The lowest BCUT2D eigenvalue weighted by Gasteiger charge is -2.13. The van der Waals surface area contributed by atoms with Gasteiger partial charge in [0.25, 0.3) is 11.5 Å². The van der Waals surface area contributed by atoms with Crippen LogP contribution in [0.1, 0.15) is 21.5 Å². The topological polar surface area (TPSA) is 114 Å². The number of aromatic nitrogens is 2. The molecular formula is C25H20N4O4S. The van der Waals surface area contributed by atoms with Gasteiger partial charge in [0.1, 0.15) is 0 Å². The SMILES string of the molecule is Cc1ccc(-n2c(SCC(=O)N/N=C\c3ccc(C(=O)O)cc3)nc3ccccc3c2=O)cc1. The predicted molar refractivity (Wildman–Crippen MR) is 132 cm³/mol. The number of rotatable bonds is 7. The van der Waals surface area contributed by atoms with Crippen molar-refractivity contribution >= 4 is 40.8 Å². The van der Waals surface area contributed by atoms with Gasteiger partial charge in [-0.25, -0.2) is 15.2 Å². The number of hydrazone groups is 1. The molecule has 1 amide bonds. The first-order chi connectivity index (χ1) is 16.4. The number of carbonyl (C=O) groups excluding carboxylic acids is 1. The third kappa shape index (κ3) is 5.21. The van der Waals surface area contributed by atoms with Gasteiger partial charge in [-0.15, -0.1) is 0 Å². The van der Waals surface area contributed by atoms with E-state index < -0.39 is 5.97 Å². The normalized spacial score (nSPS) is 11.1. The van der Waals surface area contributed by atoms with Gasteiger partial charge < -0.3 is 5.11 Å². The zero-order chi connectivity index (χ0) is 24.1. The number of nitrogens with zero attached hydrogens (tertiary/aromatic N) is 3. The highest BCUT2D eigenvalue weighted by molar-refractivity contribution is 7.99. The Morgan fingerprint density at radius 1 is 1.06 bits per heavy atom. The molecule has 0 fully saturated rings. The summed E-state index contributed by atoms with van der Waals surface area (Å²) in [6.45, 7) is 1.96. The van der Waals surface area contributed by atoms with Gasteiger partial charge in [-0.1, -0.05) is 53.7 Å². The first kappa shape index (κ1) is 22.9. The van der Waals surface area contributed by atoms with Crippen molar-refractivity contribution in [2.24, 2.45) is 5.10 Å². The maximum atomic E-state index is 13.2. The number of hydrogen-bond acceptors (Lipinski definition) is 6. The molecule has 0 saturated heterocycles. The molecule has 9 heteroatoms. The van der Waals surface area contributed by atoms with E-state index in [-0.39, 0.29) is 22.8 Å². The zero-order valence-electron chi connectivity index (χ0n) is 18.1. The number of para-hydroxylation sites is 1. The fourth-order valence-corrected chi connectivity index (χ4v) is 3.99. The number of benzene rings is 3. The standard InChI is InChI=1S/C25H20N4O4S/c1-16-6-12-19(13-7-16)29-23(31)20-4-2-3-5-21(20)27-25(29)34-15-22(30)28-26-14-17-8-10-18(11-9-17)24(32)33/h2-14H,15H2,1H3,(H,28,30)(H,32,33)/b26-14-. The van der Waals surface area contributed by atoms with Gasteiger partial charge in [-0.2, -0.15) is 5.10 Å². The van der Waals surface area contributed by atoms with Gasteiger partial charge in [0, 0.05) is 0 Å². The van der Waals surface area contributed by atoms with E-state index >= 15 is 0 Å². The Balaban J connectivity index is 1.51. The minimum atomic E-state index is -1.01. The van der Waals surface area contributed by atoms with Gasteiger partial charge in [-0.05, 0) is 48.9 Å². The van der Waals surface area contributed by atoms with Crippen LogP contribution in [0.25, 0.3) is 16.6 Å². The molecule has 0 aliphatic heterocycles. The maximum absolute atomic E-state index is 13.2. The van der Waals surface area contributed by atoms with Crippen LogP contribution in [-0.2, 0) is 4.79 Å². The van der Waals surface area contributed by atoms with E-state index in [0.29, 0.717) is 27.3 Å². The number of aryl methyl sites for hydroxylation is 1. The van der Waals surface area contributed by atoms with Crippen LogP contribution in [0.5, 0.6) is 0 Å². The second kappa shape index (κ2) is 10.1. The molecule has 1 heterocycles. The lowest BCUT2D eigenvalue weighted by atomic mass is 10.1. The number of carbonyl (C=O) groups is 2. The molecule has 1 aromatic heterocycles. The number of aromatic carboxylic acids is 1. The number of thioether (sulfide) groups is 1. The highest BCUT2D eigenvalue weighted by atomic mass is 32.2. The van der Waals surface area contributed by atoms with E-state index in [4.69, 9.17) is 5.11 Å². The molecule has 0 bridgehead atoms. The fraction of sp³-hybridized carbons (Fsp3) is 0.0800. The molecule has 34 heavy (non-hydrogen) atoms. The van der Waals surface area contributed by atoms with E-state index in [0.717, 1.165) is 17.3 Å². The summed E-state index contributed by atoms with van der Waals surface area (Å²) in [5.74, 6) is -1.40. The molecule has 170 valence electrons. The second-order valence-electron chi connectivity index (χ2n) is 7.40. The molecule has 0 aliphatic carbocycles. The summed E-state index contributed by atoms with van der Waals surface area (Å²) in [6, 6.07) is 20.7. The van der Waals surface area contributed by atoms with Crippen molar-refractivity contribution in [1.82, 2.24) is 15.0 Å². The van der Waals surface area contributed by atoms with Crippen molar-refractivity contribution in [2.45, 2.75) is 12.1 Å². The molecule has 0 saturated carbocycles. The molecular weight excluding hydrogens is 452 g/mol. The summed E-state index contributed by atoms with van der Waals surface area (Å²) in [4.78, 5) is 41.1. The van der Waals surface area contributed by atoms with Crippen molar-refractivity contribution in [3.63, 3.8) is 0 Å². The molecule has 0 unspecified atom stereocenters. The zero-order valence-corrected chi connectivity index (χ0v) is 19.0. The van der Waals surface area contributed by atoms with Crippen molar-refractivity contribution < 1.29 is 14.7 Å². The summed E-state index contributed by atoms with van der Waals surface area (Å²) in [5, 5.41) is 13.7. The van der Waals surface area contributed by atoms with Crippen LogP contribution >= 0.6 is 11.8 Å². The summed E-state index contributed by atoms with van der Waals surface area (Å²) in [7, 11) is 0. The Morgan fingerprint density at radius 3 is 2.47 bits per heavy atom. The summed E-state index contributed by atoms with van der Waals surface area (Å²) in [5.41, 5.74) is 5.32. The fourth-order valence-electron chi connectivity index (χ4n) is 3.18. The second-order valence-corrected chi connectivity index (χ2v) is 8.34. The third-order valence-corrected chi connectivity index (χ3v) is 5.87. The summed E-state index contributed by atoms with van der Waals surface area (Å²) >= 11 is 1.14. The van der Waals surface area contributed by atoms with E-state index in [2.05, 4.69) is 15.5 Å². The number of fused-ring (bicyclic) bond motifs is 1. The number of hydrogen-bond donors (Lipinski definition) is 2. The van der Waals surface area contributed by atoms with Crippen LogP contribution in [0, 0.1) is 6.92 Å². The van der Waals surface area contributed by atoms with E-state index in [1.165, 1.54) is 22.9 Å². The lowest BCUT2D eigenvalue weighted by molar-refractivity contribution is -0.118. The smallest absolute Gasteiger partial charge is 0.335 e. The van der Waals surface area contributed by atoms with Crippen LogP contribution in [0.4, 0.5) is 0 Å². The molecule has 0 radical (unpaired) electrons. The number of carboxylic acid groups (broad SMARTS) is 1. The Hall–Kier alpha value is -4.24. The average Bonchev–Trinajstić information content (AvgIpc) is 2.84. The van der Waals surface area contributed by atoms with Gasteiger partial charge in [0.15, 0.2) is 5.16 Å². The van der Waals surface area contributed by atoms with Gasteiger partial charge in [0.05, 0.1) is 34.1 Å². The highest BCUT2D eigenvalue weighted by Crippen LogP contribution is 2.21. The lowest BCUT2D eigenvalue weighted by Crippen LogP contribution is -2.24. The largest absolute Gasteiger partial charge is 0.478 e. The minimum absolute atomic E-state index is 0.00800. The Bertz CT molecular complexity index is 1450. The van der Waals surface area contributed by atoms with E-state index in [1.807, 2.05) is 37.3 Å². The number of amides is 1. The van der Waals surface area contributed by atoms with E-state index in [1.54, 1.807) is 30.3 Å². The Morgan fingerprint density at radius 2 is 1.76 bits per heavy atom. The van der Waals surface area contributed by atoms with Crippen LogP contribution in [0.3, 0.4) is 0 Å². The average molecular weight is 473 g/mol. The molecule has 3 aromatic carbocycles. The van der Waals surface area contributed by atoms with Crippen LogP contribution < -0.4 is 11.0 Å². The predicted octanol–water partition coefficient (Wildman–Crippen LogP) is 3.63. The summed E-state index contributed by atoms with van der Waals surface area (Å²) < 4.78 is 1.51. The van der Waals surface area contributed by atoms with Gasteiger partial charge in [0.2, 0.25) is 0 Å². The molecule has 0 spiro atoms. The van der Waals surface area contributed by atoms with E-state index in [9.17, 15) is 14.4 Å². The van der Waals surface area contributed by atoms with Crippen molar-refractivity contribution in [3.8, 4) is 5.69 Å². The van der Waals surface area contributed by atoms with Gasteiger partial charge >= 0.3 is 5.97 Å². The minimum Gasteiger partial charge on any atom is -0.478 e. The van der Waals surface area contributed by atoms with Crippen LogP contribution in [0.15, 0.2) is 87.8 Å². The van der Waals surface area contributed by atoms with Crippen molar-refractivity contribution in [3.05, 3.63) is 99.8 Å². The molecule has 0 aliphatic rings. The Kier molecular flexibility index (Phi) is 6.84. The van der Waals surface area contributed by atoms with Crippen molar-refractivity contribution in [2.75, 3.05) is 5.75 Å². The molecule has 4 aromatic rings. The molecule has 4 rings (SSSR count). The number of carboxylic acids is 1. The van der Waals surface area contributed by atoms with Crippen LogP contribution in [-0.4, -0.2) is 38.5 Å². The van der Waals surface area contributed by atoms with Crippen LogP contribution in [0.2, 0.25) is 0 Å². The maximum Gasteiger partial charge on any atom is 0.335 e. The number of nitrogens with one attached hydrogen (secondary N) is 1. The third-order valence-electron chi connectivity index (χ3n) is 4.93. The quantitative estimate of drug-likeness (QED) is 0.184. The first-order valence-electron chi connectivity index (χ1n) is 10.3. The van der Waals surface area contributed by atoms with Crippen molar-refractivity contribution in [1.29, 1.82) is 0 Å².